The zero-order valence-electron chi connectivity index (χ0n) is 15.8. The fourth-order valence-electron chi connectivity index (χ4n) is 3.37. The molecule has 0 saturated carbocycles. The third-order valence-electron chi connectivity index (χ3n) is 4.41. The minimum Gasteiger partial charge on any atom is -0.462 e. The molecule has 1 amide bonds. The van der Waals surface area contributed by atoms with E-state index in [1.54, 1.807) is 6.92 Å². The summed E-state index contributed by atoms with van der Waals surface area (Å²) < 4.78 is 10.5. The van der Waals surface area contributed by atoms with Crippen molar-refractivity contribution in [2.24, 2.45) is 0 Å². The Bertz CT molecular complexity index is 633. The highest BCUT2D eigenvalue weighted by molar-refractivity contribution is 5.89. The van der Waals surface area contributed by atoms with Crippen LogP contribution in [0.3, 0.4) is 0 Å². The monoisotopic (exact) mass is 347 g/mol. The standard InChI is InChI=1S/C20H29NO4/c1-6-15-16-12-14(18(22)24-7-2)9-8-13(16)10-11-17(15)21-19(23)25-20(3,4)5/h8-9,12,15,17H,6-7,10-11H2,1-5H3,(H,21,23)/t15?,17-/m0/s1. The lowest BCUT2D eigenvalue weighted by Crippen LogP contribution is -2.44. The van der Waals surface area contributed by atoms with Crippen LogP contribution in [0, 0.1) is 0 Å². The molecule has 1 aliphatic carbocycles. The van der Waals surface area contributed by atoms with Gasteiger partial charge in [0.15, 0.2) is 0 Å². The highest BCUT2D eigenvalue weighted by Gasteiger charge is 2.31. The Morgan fingerprint density at radius 1 is 1.24 bits per heavy atom. The SMILES string of the molecule is CCOC(=O)c1ccc2c(c1)C(CC)[C@@H](NC(=O)OC(C)(C)C)CC2. The van der Waals surface area contributed by atoms with Crippen LogP contribution in [0.4, 0.5) is 4.79 Å². The molecule has 0 heterocycles. The number of carbonyl (C=O) groups is 2. The van der Waals surface area contributed by atoms with E-state index in [2.05, 4.69) is 12.2 Å². The third-order valence-corrected chi connectivity index (χ3v) is 4.41. The normalized spacial score (nSPS) is 19.7. The minimum atomic E-state index is -0.518. The second-order valence-electron chi connectivity index (χ2n) is 7.44. The van der Waals surface area contributed by atoms with Crippen molar-refractivity contribution in [3.8, 4) is 0 Å². The molecule has 0 bridgehead atoms. The van der Waals surface area contributed by atoms with Gasteiger partial charge < -0.3 is 14.8 Å². The lowest BCUT2D eigenvalue weighted by atomic mass is 9.77. The van der Waals surface area contributed by atoms with Gasteiger partial charge in [-0.2, -0.15) is 0 Å². The van der Waals surface area contributed by atoms with E-state index in [-0.39, 0.29) is 24.0 Å². The number of aryl methyl sites for hydroxylation is 1. The lowest BCUT2D eigenvalue weighted by molar-refractivity contribution is 0.0485. The van der Waals surface area contributed by atoms with Crippen molar-refractivity contribution in [2.75, 3.05) is 6.61 Å². The van der Waals surface area contributed by atoms with Crippen LogP contribution in [-0.2, 0) is 15.9 Å². The summed E-state index contributed by atoms with van der Waals surface area (Å²) in [5.41, 5.74) is 2.41. The van der Waals surface area contributed by atoms with E-state index < -0.39 is 5.60 Å². The minimum absolute atomic E-state index is 0.00444. The molecule has 0 aromatic heterocycles. The van der Waals surface area contributed by atoms with Gasteiger partial charge in [-0.1, -0.05) is 13.0 Å². The number of benzene rings is 1. The number of hydrogen-bond acceptors (Lipinski definition) is 4. The van der Waals surface area contributed by atoms with Crippen molar-refractivity contribution in [1.29, 1.82) is 0 Å². The number of esters is 1. The summed E-state index contributed by atoms with van der Waals surface area (Å²) in [6.45, 7) is 9.81. The average molecular weight is 347 g/mol. The van der Waals surface area contributed by atoms with Gasteiger partial charge in [-0.05, 0) is 70.2 Å². The molecule has 5 heteroatoms. The molecule has 5 nitrogen and oxygen atoms in total. The van der Waals surface area contributed by atoms with Crippen LogP contribution in [-0.4, -0.2) is 30.3 Å². The summed E-state index contributed by atoms with van der Waals surface area (Å²) in [7, 11) is 0. The fraction of sp³-hybridized carbons (Fsp3) is 0.600. The molecule has 1 N–H and O–H groups in total. The van der Waals surface area contributed by atoms with Gasteiger partial charge in [0.05, 0.1) is 12.2 Å². The van der Waals surface area contributed by atoms with Gasteiger partial charge in [0.25, 0.3) is 0 Å². The van der Waals surface area contributed by atoms with Crippen LogP contribution in [0.25, 0.3) is 0 Å². The summed E-state index contributed by atoms with van der Waals surface area (Å²) in [6.07, 6.45) is 2.22. The molecule has 138 valence electrons. The first kappa shape index (κ1) is 19.3. The molecular formula is C20H29NO4. The summed E-state index contributed by atoms with van der Waals surface area (Å²) >= 11 is 0. The van der Waals surface area contributed by atoms with Gasteiger partial charge in [0, 0.05) is 12.0 Å². The number of amides is 1. The summed E-state index contributed by atoms with van der Waals surface area (Å²) in [5, 5.41) is 3.01. The van der Waals surface area contributed by atoms with Crippen LogP contribution in [0.15, 0.2) is 18.2 Å². The summed E-state index contributed by atoms with van der Waals surface area (Å²) in [4.78, 5) is 24.2. The Morgan fingerprint density at radius 3 is 2.56 bits per heavy atom. The maximum absolute atomic E-state index is 12.2. The number of ether oxygens (including phenoxy) is 2. The van der Waals surface area contributed by atoms with Crippen molar-refractivity contribution in [2.45, 2.75) is 71.4 Å². The molecule has 1 unspecified atom stereocenters. The second-order valence-corrected chi connectivity index (χ2v) is 7.44. The molecule has 0 radical (unpaired) electrons. The zero-order valence-corrected chi connectivity index (χ0v) is 15.8. The van der Waals surface area contributed by atoms with Gasteiger partial charge in [-0.25, -0.2) is 9.59 Å². The third kappa shape index (κ3) is 4.97. The Morgan fingerprint density at radius 2 is 1.96 bits per heavy atom. The predicted octanol–water partition coefficient (Wildman–Crippen LogP) is 4.20. The number of nitrogens with one attached hydrogen (secondary N) is 1. The first-order valence-corrected chi connectivity index (χ1v) is 9.04. The highest BCUT2D eigenvalue weighted by atomic mass is 16.6. The lowest BCUT2D eigenvalue weighted by Gasteiger charge is -2.34. The Hall–Kier alpha value is -2.04. The molecular weight excluding hydrogens is 318 g/mol. The maximum atomic E-state index is 12.2. The smallest absolute Gasteiger partial charge is 0.407 e. The zero-order chi connectivity index (χ0) is 18.6. The highest BCUT2D eigenvalue weighted by Crippen LogP contribution is 2.35. The first-order chi connectivity index (χ1) is 11.7. The second kappa shape index (κ2) is 7.89. The van der Waals surface area contributed by atoms with E-state index in [9.17, 15) is 9.59 Å². The van der Waals surface area contributed by atoms with E-state index in [0.29, 0.717) is 12.2 Å². The Balaban J connectivity index is 2.20. The van der Waals surface area contributed by atoms with E-state index in [1.165, 1.54) is 5.56 Å². The van der Waals surface area contributed by atoms with Crippen molar-refractivity contribution < 1.29 is 19.1 Å². The topological polar surface area (TPSA) is 64.6 Å². The van der Waals surface area contributed by atoms with Crippen molar-refractivity contribution in [3.63, 3.8) is 0 Å². The van der Waals surface area contributed by atoms with E-state index in [4.69, 9.17) is 9.47 Å². The van der Waals surface area contributed by atoms with Crippen LogP contribution < -0.4 is 5.32 Å². The van der Waals surface area contributed by atoms with E-state index in [0.717, 1.165) is 24.8 Å². The molecule has 0 fully saturated rings. The number of fused-ring (bicyclic) bond motifs is 1. The molecule has 2 rings (SSSR count). The van der Waals surface area contributed by atoms with Gasteiger partial charge in [0.1, 0.15) is 5.60 Å². The molecule has 0 saturated heterocycles. The number of rotatable bonds is 4. The van der Waals surface area contributed by atoms with Crippen LogP contribution in [0.1, 0.15) is 74.9 Å². The van der Waals surface area contributed by atoms with E-state index >= 15 is 0 Å². The molecule has 25 heavy (non-hydrogen) atoms. The molecule has 1 aliphatic rings. The van der Waals surface area contributed by atoms with Crippen molar-refractivity contribution in [3.05, 3.63) is 34.9 Å². The molecule has 0 aliphatic heterocycles. The van der Waals surface area contributed by atoms with Crippen molar-refractivity contribution in [1.82, 2.24) is 5.32 Å². The largest absolute Gasteiger partial charge is 0.462 e. The average Bonchev–Trinajstić information content (AvgIpc) is 2.52. The van der Waals surface area contributed by atoms with Crippen molar-refractivity contribution >= 4 is 12.1 Å². The predicted molar refractivity (Wildman–Crippen MR) is 96.9 cm³/mol. The first-order valence-electron chi connectivity index (χ1n) is 9.04. The van der Waals surface area contributed by atoms with Gasteiger partial charge in [-0.3, -0.25) is 0 Å². The van der Waals surface area contributed by atoms with E-state index in [1.807, 2.05) is 39.0 Å². The van der Waals surface area contributed by atoms with Crippen LogP contribution in [0.2, 0.25) is 0 Å². The summed E-state index contributed by atoms with van der Waals surface area (Å²) in [5.74, 6) is -0.145. The number of hydrogen-bond donors (Lipinski definition) is 1. The number of carbonyl (C=O) groups excluding carboxylic acids is 2. The Kier molecular flexibility index (Phi) is 6.09. The summed E-state index contributed by atoms with van der Waals surface area (Å²) in [6, 6.07) is 5.76. The number of alkyl carbamates (subject to hydrolysis) is 1. The van der Waals surface area contributed by atoms with Gasteiger partial charge in [0.2, 0.25) is 0 Å². The Labute approximate surface area is 150 Å². The quantitative estimate of drug-likeness (QED) is 0.829. The van der Waals surface area contributed by atoms with Crippen LogP contribution in [0.5, 0.6) is 0 Å². The molecule has 2 atom stereocenters. The molecule has 1 aromatic carbocycles. The van der Waals surface area contributed by atoms with Crippen LogP contribution >= 0.6 is 0 Å². The molecule has 0 spiro atoms. The van der Waals surface area contributed by atoms with Gasteiger partial charge >= 0.3 is 12.1 Å². The fourth-order valence-corrected chi connectivity index (χ4v) is 3.37. The van der Waals surface area contributed by atoms with Gasteiger partial charge in [-0.15, -0.1) is 0 Å². The molecule has 1 aromatic rings. The maximum Gasteiger partial charge on any atom is 0.407 e.